The summed E-state index contributed by atoms with van der Waals surface area (Å²) in [4.78, 5) is 22.0. The van der Waals surface area contributed by atoms with Crippen molar-refractivity contribution in [3.63, 3.8) is 0 Å². The zero-order chi connectivity index (χ0) is 13.7. The summed E-state index contributed by atoms with van der Waals surface area (Å²) in [5.74, 6) is 4.05. The van der Waals surface area contributed by atoms with Gasteiger partial charge >= 0.3 is 6.03 Å². The number of amides is 3. The predicted molar refractivity (Wildman–Crippen MR) is 66.2 cm³/mol. The molecule has 0 saturated carbocycles. The van der Waals surface area contributed by atoms with Gasteiger partial charge in [-0.3, -0.25) is 10.1 Å². The molecule has 1 saturated heterocycles. The summed E-state index contributed by atoms with van der Waals surface area (Å²) in [5, 5.41) is 4.47. The van der Waals surface area contributed by atoms with Gasteiger partial charge in [0, 0.05) is 5.92 Å². The Hall–Kier alpha value is -1.80. The summed E-state index contributed by atoms with van der Waals surface area (Å²) in [5.41, 5.74) is 0. The van der Waals surface area contributed by atoms with Gasteiger partial charge < -0.3 is 5.32 Å². The number of hydrogen-bond donors (Lipinski definition) is 2. The molecule has 18 heavy (non-hydrogen) atoms. The molecule has 0 aromatic rings. The molecule has 1 aliphatic heterocycles. The molecule has 2 N–H and O–H groups in total. The number of urea groups is 1. The highest BCUT2D eigenvalue weighted by Crippen LogP contribution is 2.12. The van der Waals surface area contributed by atoms with Crippen LogP contribution in [0.5, 0.6) is 0 Å². The Morgan fingerprint density at radius 3 is 2.72 bits per heavy atom. The predicted octanol–water partition coefficient (Wildman–Crippen LogP) is 1.83. The van der Waals surface area contributed by atoms with Crippen molar-refractivity contribution < 1.29 is 14.0 Å². The Morgan fingerprint density at radius 2 is 2.22 bits per heavy atom. The van der Waals surface area contributed by atoms with Gasteiger partial charge in [0.1, 0.15) is 5.83 Å². The van der Waals surface area contributed by atoms with Gasteiger partial charge in [-0.25, -0.2) is 9.18 Å². The summed E-state index contributed by atoms with van der Waals surface area (Å²) < 4.78 is 13.0. The lowest BCUT2D eigenvalue weighted by molar-refractivity contribution is -0.119. The molecule has 0 aromatic heterocycles. The number of halogens is 2. The largest absolute Gasteiger partial charge is 0.322 e. The third-order valence-corrected chi connectivity index (χ3v) is 2.27. The normalized spacial score (nSPS) is 21.9. The Kier molecular flexibility index (Phi) is 4.93. The maximum Gasteiger partial charge on any atom is 0.322 e. The van der Waals surface area contributed by atoms with Crippen molar-refractivity contribution in [3.05, 3.63) is 23.0 Å². The SMILES string of the molecule is C/C(Cl)=C(F)\C=C/C(C)C#CC1NC(=O)NC1=O. The van der Waals surface area contributed by atoms with E-state index in [1.807, 2.05) is 0 Å². The highest BCUT2D eigenvalue weighted by Gasteiger charge is 2.27. The molecular formula is C12H12ClFN2O2. The number of rotatable bonds is 2. The third-order valence-electron chi connectivity index (χ3n) is 2.09. The fourth-order valence-electron chi connectivity index (χ4n) is 1.12. The van der Waals surface area contributed by atoms with Crippen molar-refractivity contribution in [1.29, 1.82) is 0 Å². The topological polar surface area (TPSA) is 58.2 Å². The summed E-state index contributed by atoms with van der Waals surface area (Å²) in [6.07, 6.45) is 2.73. The molecule has 1 rings (SSSR count). The number of imide groups is 1. The summed E-state index contributed by atoms with van der Waals surface area (Å²) in [6, 6.07) is -1.40. The van der Waals surface area contributed by atoms with Crippen LogP contribution in [0.4, 0.5) is 9.18 Å². The second-order valence-corrected chi connectivity index (χ2v) is 4.28. The van der Waals surface area contributed by atoms with Crippen molar-refractivity contribution in [3.8, 4) is 11.8 Å². The zero-order valence-electron chi connectivity index (χ0n) is 9.88. The summed E-state index contributed by atoms with van der Waals surface area (Å²) in [7, 11) is 0. The van der Waals surface area contributed by atoms with Gasteiger partial charge in [0.25, 0.3) is 5.91 Å². The molecule has 2 unspecified atom stereocenters. The number of allylic oxidation sites excluding steroid dienone is 4. The van der Waals surface area contributed by atoms with E-state index < -0.39 is 23.8 Å². The van der Waals surface area contributed by atoms with E-state index in [0.29, 0.717) is 0 Å². The van der Waals surface area contributed by atoms with E-state index >= 15 is 0 Å². The Labute approximate surface area is 109 Å². The molecule has 4 nitrogen and oxygen atoms in total. The number of carbonyl (C=O) groups is 2. The molecule has 0 bridgehead atoms. The average Bonchev–Trinajstić information content (AvgIpc) is 2.61. The zero-order valence-corrected chi connectivity index (χ0v) is 10.6. The first kappa shape index (κ1) is 14.3. The minimum atomic E-state index is -0.844. The molecule has 1 fully saturated rings. The monoisotopic (exact) mass is 270 g/mol. The first-order chi connectivity index (χ1) is 8.40. The molecule has 0 aliphatic carbocycles. The van der Waals surface area contributed by atoms with Crippen molar-refractivity contribution in [2.75, 3.05) is 0 Å². The van der Waals surface area contributed by atoms with Crippen LogP contribution in [0.15, 0.2) is 23.0 Å². The van der Waals surface area contributed by atoms with Crippen LogP contribution >= 0.6 is 11.6 Å². The maximum atomic E-state index is 13.0. The Bertz CT molecular complexity index is 484. The van der Waals surface area contributed by atoms with Gasteiger partial charge in [-0.1, -0.05) is 29.5 Å². The minimum absolute atomic E-state index is 0.0637. The standard InChI is InChI=1S/C12H12ClFN2O2/c1-7(3-5-9(14)8(2)13)4-6-10-11(17)16-12(18)15-10/h3,5,7,10H,1-2H3,(H2,15,16,17,18)/b5-3-,9-8-. The van der Waals surface area contributed by atoms with Crippen molar-refractivity contribution in [2.24, 2.45) is 5.92 Å². The quantitative estimate of drug-likeness (QED) is 0.457. The average molecular weight is 271 g/mol. The van der Waals surface area contributed by atoms with Crippen LogP contribution in [0.1, 0.15) is 13.8 Å². The smallest absolute Gasteiger partial charge is 0.316 e. The summed E-state index contributed by atoms with van der Waals surface area (Å²) >= 11 is 5.44. The first-order valence-corrected chi connectivity index (χ1v) is 5.60. The molecule has 3 amide bonds. The van der Waals surface area contributed by atoms with Crippen LogP contribution in [0.25, 0.3) is 0 Å². The number of hydrogen-bond acceptors (Lipinski definition) is 2. The van der Waals surface area contributed by atoms with E-state index in [9.17, 15) is 14.0 Å². The van der Waals surface area contributed by atoms with Gasteiger partial charge in [0.05, 0.1) is 5.03 Å². The van der Waals surface area contributed by atoms with E-state index in [4.69, 9.17) is 11.6 Å². The van der Waals surface area contributed by atoms with Crippen LogP contribution in [-0.2, 0) is 4.79 Å². The lowest BCUT2D eigenvalue weighted by Crippen LogP contribution is -2.26. The highest BCUT2D eigenvalue weighted by atomic mass is 35.5. The van der Waals surface area contributed by atoms with E-state index in [2.05, 4.69) is 22.5 Å². The van der Waals surface area contributed by atoms with Crippen LogP contribution in [0, 0.1) is 17.8 Å². The van der Waals surface area contributed by atoms with Crippen LogP contribution in [0.3, 0.4) is 0 Å². The van der Waals surface area contributed by atoms with Crippen molar-refractivity contribution in [1.82, 2.24) is 10.6 Å². The molecule has 0 radical (unpaired) electrons. The van der Waals surface area contributed by atoms with E-state index in [1.54, 1.807) is 6.92 Å². The molecule has 96 valence electrons. The van der Waals surface area contributed by atoms with Gasteiger partial charge in [0.2, 0.25) is 0 Å². The molecule has 6 heteroatoms. The van der Waals surface area contributed by atoms with Crippen LogP contribution < -0.4 is 10.6 Å². The van der Waals surface area contributed by atoms with E-state index in [0.717, 1.165) is 0 Å². The molecule has 1 heterocycles. The van der Waals surface area contributed by atoms with Gasteiger partial charge in [-0.15, -0.1) is 0 Å². The molecule has 0 spiro atoms. The Balaban J connectivity index is 2.61. The highest BCUT2D eigenvalue weighted by molar-refractivity contribution is 6.29. The second kappa shape index (κ2) is 6.22. The lowest BCUT2D eigenvalue weighted by atomic mass is 10.1. The van der Waals surface area contributed by atoms with Crippen molar-refractivity contribution >= 4 is 23.5 Å². The van der Waals surface area contributed by atoms with Crippen LogP contribution in [-0.4, -0.2) is 18.0 Å². The first-order valence-electron chi connectivity index (χ1n) is 5.22. The van der Waals surface area contributed by atoms with Gasteiger partial charge in [0.15, 0.2) is 6.04 Å². The minimum Gasteiger partial charge on any atom is -0.316 e. The molecule has 0 aromatic carbocycles. The molecular weight excluding hydrogens is 259 g/mol. The van der Waals surface area contributed by atoms with Crippen molar-refractivity contribution in [2.45, 2.75) is 19.9 Å². The van der Waals surface area contributed by atoms with E-state index in [1.165, 1.54) is 19.1 Å². The van der Waals surface area contributed by atoms with E-state index in [-0.39, 0.29) is 11.0 Å². The Morgan fingerprint density at radius 1 is 1.56 bits per heavy atom. The van der Waals surface area contributed by atoms with Crippen LogP contribution in [0.2, 0.25) is 0 Å². The van der Waals surface area contributed by atoms with Gasteiger partial charge in [-0.2, -0.15) is 0 Å². The number of nitrogens with one attached hydrogen (secondary N) is 2. The third kappa shape index (κ3) is 4.22. The maximum absolute atomic E-state index is 13.0. The fraction of sp³-hybridized carbons (Fsp3) is 0.333. The number of carbonyl (C=O) groups excluding carboxylic acids is 2. The second-order valence-electron chi connectivity index (χ2n) is 3.71. The summed E-state index contributed by atoms with van der Waals surface area (Å²) in [6.45, 7) is 3.17. The van der Waals surface area contributed by atoms with Gasteiger partial charge in [-0.05, 0) is 19.9 Å². The fourth-order valence-corrected chi connectivity index (χ4v) is 1.19. The lowest BCUT2D eigenvalue weighted by Gasteiger charge is -1.97. The molecule has 1 aliphatic rings. The molecule has 2 atom stereocenters.